The summed E-state index contributed by atoms with van der Waals surface area (Å²) >= 11 is 1.29. The van der Waals surface area contributed by atoms with Gasteiger partial charge >= 0.3 is 5.97 Å². The second-order valence-electron chi connectivity index (χ2n) is 3.64. The molecule has 0 saturated heterocycles. The van der Waals surface area contributed by atoms with Crippen molar-refractivity contribution in [1.29, 1.82) is 0 Å². The fourth-order valence-electron chi connectivity index (χ4n) is 1.47. The molecule has 0 aliphatic heterocycles. The number of carboxylic acids is 1. The highest BCUT2D eigenvalue weighted by atomic mass is 32.1. The lowest BCUT2D eigenvalue weighted by Crippen LogP contribution is -2.15. The van der Waals surface area contributed by atoms with Gasteiger partial charge in [-0.3, -0.25) is 4.79 Å². The number of anilines is 1. The van der Waals surface area contributed by atoms with E-state index in [-0.39, 0.29) is 23.5 Å². The Balaban J connectivity index is 2.21. The number of nitrogens with zero attached hydrogens (tertiary/aromatic N) is 1. The summed E-state index contributed by atoms with van der Waals surface area (Å²) < 4.78 is 0. The average Bonchev–Trinajstić information content (AvgIpc) is 2.88. The van der Waals surface area contributed by atoms with Gasteiger partial charge in [0.1, 0.15) is 10.7 Å². The van der Waals surface area contributed by atoms with Gasteiger partial charge in [0.15, 0.2) is 0 Å². The maximum Gasteiger partial charge on any atom is 0.337 e. The maximum atomic E-state index is 11.9. The molecule has 4 N–H and O–H groups in total. The van der Waals surface area contributed by atoms with E-state index < -0.39 is 11.9 Å². The molecular formula is C12H11N3O3S. The maximum absolute atomic E-state index is 11.9. The van der Waals surface area contributed by atoms with Crippen molar-refractivity contribution in [3.05, 3.63) is 45.9 Å². The molecule has 98 valence electrons. The van der Waals surface area contributed by atoms with Gasteiger partial charge in [0.05, 0.1) is 11.3 Å². The molecule has 2 rings (SSSR count). The van der Waals surface area contributed by atoms with Crippen LogP contribution in [-0.2, 0) is 6.54 Å². The first-order valence-corrected chi connectivity index (χ1v) is 6.28. The quantitative estimate of drug-likeness (QED) is 0.786. The number of hydrogen-bond acceptors (Lipinski definition) is 5. The molecule has 1 amide bonds. The van der Waals surface area contributed by atoms with Crippen LogP contribution in [0, 0.1) is 0 Å². The van der Waals surface area contributed by atoms with Crippen LogP contribution in [0.15, 0.2) is 29.6 Å². The highest BCUT2D eigenvalue weighted by molar-refractivity contribution is 7.09. The average molecular weight is 277 g/mol. The van der Waals surface area contributed by atoms with Crippen LogP contribution in [0.4, 0.5) is 5.69 Å². The number of carbonyl (C=O) groups is 2. The molecule has 6 nitrogen and oxygen atoms in total. The molecule has 0 saturated carbocycles. The highest BCUT2D eigenvalue weighted by Gasteiger charge is 2.14. The second kappa shape index (κ2) is 5.59. The van der Waals surface area contributed by atoms with Gasteiger partial charge in [0.2, 0.25) is 0 Å². The lowest BCUT2D eigenvalue weighted by Gasteiger charge is -2.06. The van der Waals surface area contributed by atoms with E-state index in [0.717, 1.165) is 0 Å². The molecule has 0 bridgehead atoms. The highest BCUT2D eigenvalue weighted by Crippen LogP contribution is 2.17. The first-order chi connectivity index (χ1) is 9.11. The molecule has 0 atom stereocenters. The van der Waals surface area contributed by atoms with Crippen LogP contribution in [0.25, 0.3) is 0 Å². The van der Waals surface area contributed by atoms with E-state index in [4.69, 9.17) is 10.8 Å². The number of carbonyl (C=O) groups excluding carboxylic acids is 1. The number of aromatic nitrogens is 1. The van der Waals surface area contributed by atoms with Gasteiger partial charge in [0, 0.05) is 11.9 Å². The third-order valence-corrected chi connectivity index (χ3v) is 3.24. The fraction of sp³-hybridized carbons (Fsp3) is 0.0833. The Hall–Kier alpha value is -2.25. The minimum atomic E-state index is -1.10. The van der Waals surface area contributed by atoms with Crippen LogP contribution < -0.4 is 11.1 Å². The van der Waals surface area contributed by atoms with Gasteiger partial charge in [-0.05, 0) is 12.1 Å². The van der Waals surface area contributed by atoms with Crippen molar-refractivity contribution in [1.82, 2.24) is 4.98 Å². The van der Waals surface area contributed by atoms with E-state index in [9.17, 15) is 9.59 Å². The number of nitrogens with two attached hydrogens (primary N) is 1. The normalized spacial score (nSPS) is 10.2. The number of thiazole rings is 1. The summed E-state index contributed by atoms with van der Waals surface area (Å²) in [5.74, 6) is -1.55. The van der Waals surface area contributed by atoms with E-state index >= 15 is 0 Å². The first kappa shape index (κ1) is 13.2. The predicted molar refractivity (Wildman–Crippen MR) is 71.4 cm³/mol. The Morgan fingerprint density at radius 3 is 2.74 bits per heavy atom. The lowest BCUT2D eigenvalue weighted by molar-refractivity contribution is 0.0698. The zero-order valence-corrected chi connectivity index (χ0v) is 10.6. The zero-order valence-electron chi connectivity index (χ0n) is 9.79. The van der Waals surface area contributed by atoms with Gasteiger partial charge in [-0.2, -0.15) is 0 Å². The molecular weight excluding hydrogens is 266 g/mol. The van der Waals surface area contributed by atoms with Crippen molar-refractivity contribution in [2.75, 3.05) is 5.32 Å². The van der Waals surface area contributed by atoms with Gasteiger partial charge < -0.3 is 16.2 Å². The zero-order chi connectivity index (χ0) is 13.8. The molecule has 0 unspecified atom stereocenters. The molecule has 0 spiro atoms. The number of aromatic carboxylic acids is 1. The van der Waals surface area contributed by atoms with E-state index in [2.05, 4.69) is 10.3 Å². The first-order valence-electron chi connectivity index (χ1n) is 5.40. The Morgan fingerprint density at radius 1 is 1.37 bits per heavy atom. The van der Waals surface area contributed by atoms with E-state index in [0.29, 0.717) is 5.01 Å². The molecule has 7 heteroatoms. The van der Waals surface area contributed by atoms with Crippen molar-refractivity contribution in [3.8, 4) is 0 Å². The van der Waals surface area contributed by atoms with E-state index in [1.165, 1.54) is 23.5 Å². The number of para-hydroxylation sites is 1. The summed E-state index contributed by atoms with van der Waals surface area (Å²) in [6.07, 6.45) is 0. The molecule has 19 heavy (non-hydrogen) atoms. The van der Waals surface area contributed by atoms with Crippen molar-refractivity contribution in [2.45, 2.75) is 6.54 Å². The number of hydrogen-bond donors (Lipinski definition) is 3. The summed E-state index contributed by atoms with van der Waals surface area (Å²) in [6.45, 7) is 0.268. The number of nitrogens with one attached hydrogen (secondary N) is 1. The van der Waals surface area contributed by atoms with Crippen LogP contribution in [-0.4, -0.2) is 22.0 Å². The monoisotopic (exact) mass is 277 g/mol. The van der Waals surface area contributed by atoms with Gasteiger partial charge in [-0.15, -0.1) is 11.3 Å². The van der Waals surface area contributed by atoms with Crippen molar-refractivity contribution in [3.63, 3.8) is 0 Å². The molecule has 1 aromatic heterocycles. The number of benzene rings is 1. The topological polar surface area (TPSA) is 105 Å². The van der Waals surface area contributed by atoms with Crippen LogP contribution in [0.2, 0.25) is 0 Å². The van der Waals surface area contributed by atoms with Crippen molar-refractivity contribution < 1.29 is 14.7 Å². The number of amides is 1. The van der Waals surface area contributed by atoms with E-state index in [1.807, 2.05) is 0 Å². The summed E-state index contributed by atoms with van der Waals surface area (Å²) in [5.41, 5.74) is 5.92. The number of rotatable bonds is 4. The molecule has 1 aromatic carbocycles. The van der Waals surface area contributed by atoms with Crippen LogP contribution in [0.3, 0.4) is 0 Å². The second-order valence-corrected chi connectivity index (χ2v) is 4.58. The Labute approximate surface area is 112 Å². The Morgan fingerprint density at radius 2 is 2.11 bits per heavy atom. The molecule has 1 heterocycles. The predicted octanol–water partition coefficient (Wildman–Crippen LogP) is 1.55. The number of carboxylic acid groups (broad SMARTS) is 1. The lowest BCUT2D eigenvalue weighted by atomic mass is 10.2. The Bertz CT molecular complexity index is 624. The van der Waals surface area contributed by atoms with Crippen molar-refractivity contribution in [2.24, 2.45) is 5.73 Å². The van der Waals surface area contributed by atoms with Crippen LogP contribution >= 0.6 is 11.3 Å². The standard InChI is InChI=1S/C12H11N3O3S/c13-5-10-14-9(6-19-10)11(16)15-8-4-2-1-3-7(8)12(17)18/h1-4,6H,5,13H2,(H,15,16)(H,17,18). The third-order valence-electron chi connectivity index (χ3n) is 2.36. The minimum Gasteiger partial charge on any atom is -0.478 e. The molecule has 0 fully saturated rings. The van der Waals surface area contributed by atoms with Gasteiger partial charge in [0.25, 0.3) is 5.91 Å². The minimum absolute atomic E-state index is 0.0325. The SMILES string of the molecule is NCc1nc(C(=O)Nc2ccccc2C(=O)O)cs1. The molecule has 0 aliphatic rings. The molecule has 0 aliphatic carbocycles. The summed E-state index contributed by atoms with van der Waals surface area (Å²) in [5, 5.41) is 13.8. The summed E-state index contributed by atoms with van der Waals surface area (Å²) in [7, 11) is 0. The largest absolute Gasteiger partial charge is 0.478 e. The molecule has 2 aromatic rings. The van der Waals surface area contributed by atoms with Crippen LogP contribution in [0.5, 0.6) is 0 Å². The van der Waals surface area contributed by atoms with Gasteiger partial charge in [-0.1, -0.05) is 12.1 Å². The van der Waals surface area contributed by atoms with Crippen molar-refractivity contribution >= 4 is 28.9 Å². The fourth-order valence-corrected chi connectivity index (χ4v) is 2.13. The molecule has 0 radical (unpaired) electrons. The Kier molecular flexibility index (Phi) is 3.88. The summed E-state index contributed by atoms with van der Waals surface area (Å²) in [4.78, 5) is 27.0. The third kappa shape index (κ3) is 2.95. The smallest absolute Gasteiger partial charge is 0.337 e. The summed E-state index contributed by atoms with van der Waals surface area (Å²) in [6, 6.07) is 6.19. The van der Waals surface area contributed by atoms with E-state index in [1.54, 1.807) is 17.5 Å². The van der Waals surface area contributed by atoms with Gasteiger partial charge in [-0.25, -0.2) is 9.78 Å². The van der Waals surface area contributed by atoms with Crippen LogP contribution in [0.1, 0.15) is 25.9 Å².